The number of anilines is 1. The predicted molar refractivity (Wildman–Crippen MR) is 83.0 cm³/mol. The molecule has 1 saturated heterocycles. The van der Waals surface area contributed by atoms with Gasteiger partial charge in [-0.2, -0.15) is 5.10 Å². The number of hydrogen-bond donors (Lipinski definition) is 1. The van der Waals surface area contributed by atoms with E-state index in [0.29, 0.717) is 11.5 Å². The third-order valence-electron chi connectivity index (χ3n) is 3.63. The van der Waals surface area contributed by atoms with Gasteiger partial charge in [-0.15, -0.1) is 0 Å². The number of benzene rings is 1. The van der Waals surface area contributed by atoms with Crippen LogP contribution in [0.1, 0.15) is 30.3 Å². The number of nitrogens with one attached hydrogen (secondary N) is 1. The molecule has 2 amide bonds. The Bertz CT molecular complexity index is 687. The van der Waals surface area contributed by atoms with Crippen molar-refractivity contribution in [3.8, 4) is 5.69 Å². The lowest BCUT2D eigenvalue weighted by Gasteiger charge is -2.12. The summed E-state index contributed by atoms with van der Waals surface area (Å²) in [6, 6.07) is 11.1. The van der Waals surface area contributed by atoms with E-state index in [9.17, 15) is 9.59 Å². The zero-order valence-electron chi connectivity index (χ0n) is 12.5. The zero-order valence-corrected chi connectivity index (χ0v) is 12.5. The van der Waals surface area contributed by atoms with Gasteiger partial charge in [0, 0.05) is 26.1 Å². The maximum Gasteiger partial charge on any atom is 0.274 e. The summed E-state index contributed by atoms with van der Waals surface area (Å²) in [6.45, 7) is 2.98. The molecule has 0 atom stereocenters. The van der Waals surface area contributed by atoms with Crippen LogP contribution < -0.4 is 5.32 Å². The normalized spacial score (nSPS) is 14.1. The molecule has 1 aliphatic rings. The third kappa shape index (κ3) is 2.86. The second-order valence-electron chi connectivity index (χ2n) is 5.34. The van der Waals surface area contributed by atoms with Gasteiger partial charge in [-0.1, -0.05) is 18.2 Å². The summed E-state index contributed by atoms with van der Waals surface area (Å²) in [7, 11) is 0. The van der Waals surface area contributed by atoms with Crippen LogP contribution in [0.25, 0.3) is 5.69 Å². The Hall–Kier alpha value is -2.63. The molecule has 0 saturated carbocycles. The topological polar surface area (TPSA) is 67.2 Å². The molecule has 3 rings (SSSR count). The van der Waals surface area contributed by atoms with E-state index in [1.807, 2.05) is 30.3 Å². The number of amides is 2. The molecule has 2 aromatic rings. The molecule has 1 aromatic carbocycles. The molecule has 0 unspecified atom stereocenters. The van der Waals surface area contributed by atoms with Crippen molar-refractivity contribution in [2.75, 3.05) is 18.4 Å². The molecule has 6 heteroatoms. The second kappa shape index (κ2) is 6.01. The molecule has 1 aliphatic heterocycles. The average Bonchev–Trinajstić information content (AvgIpc) is 3.16. The largest absolute Gasteiger partial charge is 0.337 e. The monoisotopic (exact) mass is 298 g/mol. The van der Waals surface area contributed by atoms with Crippen molar-refractivity contribution in [3.63, 3.8) is 0 Å². The molecule has 0 radical (unpaired) electrons. The Morgan fingerprint density at radius 3 is 2.45 bits per heavy atom. The van der Waals surface area contributed by atoms with Crippen LogP contribution in [0.15, 0.2) is 36.4 Å². The standard InChI is InChI=1S/C16H18N4O2/c1-12(21)17-15-11-14(16(22)19-9-5-6-10-19)18-20(15)13-7-3-2-4-8-13/h2-4,7-8,11H,5-6,9-10H2,1H3,(H,17,21). The molecule has 1 fully saturated rings. The minimum atomic E-state index is -0.197. The number of hydrogen-bond acceptors (Lipinski definition) is 3. The van der Waals surface area contributed by atoms with Crippen LogP contribution in [-0.2, 0) is 4.79 Å². The van der Waals surface area contributed by atoms with E-state index in [0.717, 1.165) is 31.6 Å². The number of aromatic nitrogens is 2. The van der Waals surface area contributed by atoms with Crippen LogP contribution in [0, 0.1) is 0 Å². The lowest BCUT2D eigenvalue weighted by atomic mass is 10.3. The molecule has 6 nitrogen and oxygen atoms in total. The molecule has 2 heterocycles. The van der Waals surface area contributed by atoms with Gasteiger partial charge in [0.05, 0.1) is 5.69 Å². The van der Waals surface area contributed by atoms with E-state index in [2.05, 4.69) is 10.4 Å². The summed E-state index contributed by atoms with van der Waals surface area (Å²) in [4.78, 5) is 25.7. The molecular weight excluding hydrogens is 280 g/mol. The maximum atomic E-state index is 12.5. The molecule has 0 aliphatic carbocycles. The first-order valence-corrected chi connectivity index (χ1v) is 7.37. The number of nitrogens with zero attached hydrogens (tertiary/aromatic N) is 3. The van der Waals surface area contributed by atoms with Crippen LogP contribution in [0.5, 0.6) is 0 Å². The van der Waals surface area contributed by atoms with Crippen molar-refractivity contribution in [1.29, 1.82) is 0 Å². The number of carbonyl (C=O) groups is 2. The van der Waals surface area contributed by atoms with Crippen LogP contribution in [0.2, 0.25) is 0 Å². The smallest absolute Gasteiger partial charge is 0.274 e. The van der Waals surface area contributed by atoms with Crippen molar-refractivity contribution in [1.82, 2.24) is 14.7 Å². The molecule has 1 aromatic heterocycles. The van der Waals surface area contributed by atoms with Crippen molar-refractivity contribution in [3.05, 3.63) is 42.1 Å². The summed E-state index contributed by atoms with van der Waals surface area (Å²) in [6.07, 6.45) is 2.06. The van der Waals surface area contributed by atoms with Crippen LogP contribution in [0.3, 0.4) is 0 Å². The molecule has 22 heavy (non-hydrogen) atoms. The van der Waals surface area contributed by atoms with E-state index in [1.165, 1.54) is 6.92 Å². The first-order valence-electron chi connectivity index (χ1n) is 7.37. The summed E-state index contributed by atoms with van der Waals surface area (Å²) in [5, 5.41) is 7.12. The van der Waals surface area contributed by atoms with Crippen molar-refractivity contribution >= 4 is 17.6 Å². The van der Waals surface area contributed by atoms with Crippen LogP contribution in [0.4, 0.5) is 5.82 Å². The van der Waals surface area contributed by atoms with E-state index in [-0.39, 0.29) is 11.8 Å². The summed E-state index contributed by atoms with van der Waals surface area (Å²) in [5.41, 5.74) is 1.15. The van der Waals surface area contributed by atoms with E-state index >= 15 is 0 Å². The second-order valence-corrected chi connectivity index (χ2v) is 5.34. The van der Waals surface area contributed by atoms with Gasteiger partial charge < -0.3 is 10.2 Å². The highest BCUT2D eigenvalue weighted by Gasteiger charge is 2.23. The Morgan fingerprint density at radius 2 is 1.82 bits per heavy atom. The Morgan fingerprint density at radius 1 is 1.14 bits per heavy atom. The van der Waals surface area contributed by atoms with Crippen LogP contribution >= 0.6 is 0 Å². The minimum absolute atomic E-state index is 0.0845. The van der Waals surface area contributed by atoms with Crippen molar-refractivity contribution < 1.29 is 9.59 Å². The number of para-hydroxylation sites is 1. The van der Waals surface area contributed by atoms with Crippen molar-refractivity contribution in [2.45, 2.75) is 19.8 Å². The van der Waals surface area contributed by atoms with Gasteiger partial charge >= 0.3 is 0 Å². The Kier molecular flexibility index (Phi) is 3.91. The predicted octanol–water partition coefficient (Wildman–Crippen LogP) is 2.07. The molecule has 1 N–H and O–H groups in total. The van der Waals surface area contributed by atoms with Gasteiger partial charge in [-0.25, -0.2) is 4.68 Å². The number of likely N-dealkylation sites (tertiary alicyclic amines) is 1. The summed E-state index contributed by atoms with van der Waals surface area (Å²) in [5.74, 6) is 0.220. The Balaban J connectivity index is 1.97. The van der Waals surface area contributed by atoms with Gasteiger partial charge in [0.2, 0.25) is 5.91 Å². The minimum Gasteiger partial charge on any atom is -0.337 e. The van der Waals surface area contributed by atoms with E-state index < -0.39 is 0 Å². The fourth-order valence-electron chi connectivity index (χ4n) is 2.60. The highest BCUT2D eigenvalue weighted by molar-refractivity contribution is 5.95. The van der Waals surface area contributed by atoms with E-state index in [1.54, 1.807) is 15.6 Å². The highest BCUT2D eigenvalue weighted by Crippen LogP contribution is 2.20. The first-order chi connectivity index (χ1) is 10.6. The number of rotatable bonds is 3. The maximum absolute atomic E-state index is 12.5. The van der Waals surface area contributed by atoms with Gasteiger partial charge in [0.1, 0.15) is 5.82 Å². The molecule has 0 spiro atoms. The lowest BCUT2D eigenvalue weighted by Crippen LogP contribution is -2.28. The summed E-state index contributed by atoms with van der Waals surface area (Å²) >= 11 is 0. The van der Waals surface area contributed by atoms with Gasteiger partial charge in [0.25, 0.3) is 5.91 Å². The van der Waals surface area contributed by atoms with Gasteiger partial charge in [-0.05, 0) is 25.0 Å². The molecule has 114 valence electrons. The SMILES string of the molecule is CC(=O)Nc1cc(C(=O)N2CCCC2)nn1-c1ccccc1. The fourth-order valence-corrected chi connectivity index (χ4v) is 2.60. The first kappa shape index (κ1) is 14.3. The molecule has 0 bridgehead atoms. The highest BCUT2D eigenvalue weighted by atomic mass is 16.2. The Labute approximate surface area is 128 Å². The third-order valence-corrected chi connectivity index (χ3v) is 3.63. The number of carbonyl (C=O) groups excluding carboxylic acids is 2. The summed E-state index contributed by atoms with van der Waals surface area (Å²) < 4.78 is 1.59. The van der Waals surface area contributed by atoms with Gasteiger partial charge in [-0.3, -0.25) is 9.59 Å². The zero-order chi connectivity index (χ0) is 15.5. The van der Waals surface area contributed by atoms with Crippen LogP contribution in [-0.4, -0.2) is 39.6 Å². The van der Waals surface area contributed by atoms with E-state index in [4.69, 9.17) is 0 Å². The quantitative estimate of drug-likeness (QED) is 0.943. The average molecular weight is 298 g/mol. The van der Waals surface area contributed by atoms with Crippen molar-refractivity contribution in [2.24, 2.45) is 0 Å². The fraction of sp³-hybridized carbons (Fsp3) is 0.312. The molecular formula is C16H18N4O2. The van der Waals surface area contributed by atoms with Gasteiger partial charge in [0.15, 0.2) is 5.69 Å². The lowest BCUT2D eigenvalue weighted by molar-refractivity contribution is -0.114.